The van der Waals surface area contributed by atoms with Gasteiger partial charge < -0.3 is 5.32 Å². The van der Waals surface area contributed by atoms with Crippen molar-refractivity contribution in [3.63, 3.8) is 0 Å². The zero-order chi connectivity index (χ0) is 13.1. The average Bonchev–Trinajstić information content (AvgIpc) is 2.69. The van der Waals surface area contributed by atoms with Crippen LogP contribution in [0.25, 0.3) is 10.1 Å². The predicted octanol–water partition coefficient (Wildman–Crippen LogP) is 5.13. The number of hydrogen-bond acceptors (Lipinski definition) is 2. The molecule has 0 radical (unpaired) electrons. The Morgan fingerprint density at radius 1 is 1.11 bits per heavy atom. The Balaban J connectivity index is 1.92. The van der Waals surface area contributed by atoms with Gasteiger partial charge in [-0.25, -0.2) is 0 Å². The van der Waals surface area contributed by atoms with E-state index in [1.807, 2.05) is 11.3 Å². The fourth-order valence-corrected chi connectivity index (χ4v) is 4.53. The van der Waals surface area contributed by atoms with Crippen LogP contribution in [0.4, 0.5) is 0 Å². The first-order valence-electron chi connectivity index (χ1n) is 7.53. The van der Waals surface area contributed by atoms with E-state index >= 15 is 0 Å². The summed E-state index contributed by atoms with van der Waals surface area (Å²) in [6.45, 7) is 0. The zero-order valence-corrected chi connectivity index (χ0v) is 12.5. The van der Waals surface area contributed by atoms with Gasteiger partial charge in [-0.1, -0.05) is 43.9 Å². The van der Waals surface area contributed by atoms with Crippen LogP contribution >= 0.6 is 11.3 Å². The summed E-state index contributed by atoms with van der Waals surface area (Å²) in [5.41, 5.74) is 1.52. The summed E-state index contributed by atoms with van der Waals surface area (Å²) in [6, 6.07) is 9.36. The van der Waals surface area contributed by atoms with Gasteiger partial charge in [0.25, 0.3) is 0 Å². The van der Waals surface area contributed by atoms with Gasteiger partial charge in [-0.05, 0) is 48.2 Å². The fraction of sp³-hybridized carbons (Fsp3) is 0.529. The Kier molecular flexibility index (Phi) is 4.19. The molecule has 102 valence electrons. The highest BCUT2D eigenvalue weighted by Gasteiger charge is 2.24. The maximum Gasteiger partial charge on any atom is 0.0360 e. The molecule has 2 aromatic rings. The predicted molar refractivity (Wildman–Crippen MR) is 84.8 cm³/mol. The van der Waals surface area contributed by atoms with Gasteiger partial charge in [-0.15, -0.1) is 11.3 Å². The summed E-state index contributed by atoms with van der Waals surface area (Å²) in [4.78, 5) is 0. The van der Waals surface area contributed by atoms with Gasteiger partial charge in [0, 0.05) is 10.7 Å². The molecule has 2 heteroatoms. The first-order valence-corrected chi connectivity index (χ1v) is 8.41. The number of nitrogens with one attached hydrogen (secondary N) is 1. The number of thiophene rings is 1. The second-order valence-corrected chi connectivity index (χ2v) is 6.62. The van der Waals surface area contributed by atoms with Crippen LogP contribution in [0, 0.1) is 5.92 Å². The summed E-state index contributed by atoms with van der Waals surface area (Å²) < 4.78 is 1.42. The summed E-state index contributed by atoms with van der Waals surface area (Å²) in [7, 11) is 2.13. The minimum Gasteiger partial charge on any atom is -0.313 e. The largest absolute Gasteiger partial charge is 0.313 e. The third-order valence-electron chi connectivity index (χ3n) is 4.53. The highest BCUT2D eigenvalue weighted by atomic mass is 32.1. The Morgan fingerprint density at radius 2 is 1.84 bits per heavy atom. The Morgan fingerprint density at radius 3 is 2.58 bits per heavy atom. The minimum atomic E-state index is 0.536. The van der Waals surface area contributed by atoms with Gasteiger partial charge in [0.05, 0.1) is 0 Å². The van der Waals surface area contributed by atoms with Crippen molar-refractivity contribution in [2.45, 2.75) is 44.6 Å². The molecule has 1 nitrogen and oxygen atoms in total. The van der Waals surface area contributed by atoms with E-state index in [1.165, 1.54) is 54.2 Å². The minimum absolute atomic E-state index is 0.536. The third kappa shape index (κ3) is 2.70. The van der Waals surface area contributed by atoms with E-state index in [-0.39, 0.29) is 0 Å². The van der Waals surface area contributed by atoms with Crippen LogP contribution < -0.4 is 5.32 Å². The molecule has 0 spiro atoms. The molecule has 1 aromatic heterocycles. The van der Waals surface area contributed by atoms with Crippen molar-refractivity contribution >= 4 is 21.4 Å². The van der Waals surface area contributed by atoms with E-state index in [9.17, 15) is 0 Å². The smallest absolute Gasteiger partial charge is 0.0360 e. The maximum atomic E-state index is 3.60. The molecule has 0 aliphatic heterocycles. The quantitative estimate of drug-likeness (QED) is 0.764. The highest BCUT2D eigenvalue weighted by molar-refractivity contribution is 7.17. The molecule has 1 heterocycles. The van der Waals surface area contributed by atoms with Crippen molar-refractivity contribution in [2.75, 3.05) is 7.05 Å². The van der Waals surface area contributed by atoms with Crippen molar-refractivity contribution in [1.29, 1.82) is 0 Å². The van der Waals surface area contributed by atoms with Gasteiger partial charge in [-0.3, -0.25) is 0 Å². The zero-order valence-electron chi connectivity index (χ0n) is 11.7. The average molecular weight is 273 g/mol. The number of benzene rings is 1. The van der Waals surface area contributed by atoms with E-state index in [2.05, 4.69) is 42.0 Å². The molecular weight excluding hydrogens is 250 g/mol. The molecule has 1 fully saturated rings. The van der Waals surface area contributed by atoms with Crippen molar-refractivity contribution < 1.29 is 0 Å². The standard InChI is InChI=1S/C17H23NS/c1-18-17(13-8-4-2-3-5-9-13)15-12-19-16-11-7-6-10-14(15)16/h6-7,10-13,17-18H,2-5,8-9H2,1H3. The highest BCUT2D eigenvalue weighted by Crippen LogP contribution is 2.38. The molecule has 1 aliphatic carbocycles. The summed E-state index contributed by atoms with van der Waals surface area (Å²) in [6.07, 6.45) is 8.44. The van der Waals surface area contributed by atoms with Crippen LogP contribution in [0.2, 0.25) is 0 Å². The Bertz CT molecular complexity index is 523. The molecule has 3 rings (SSSR count). The lowest BCUT2D eigenvalue weighted by Crippen LogP contribution is -2.24. The Hall–Kier alpha value is -0.860. The molecule has 0 bridgehead atoms. The lowest BCUT2D eigenvalue weighted by atomic mass is 9.87. The molecule has 19 heavy (non-hydrogen) atoms. The molecule has 1 saturated carbocycles. The summed E-state index contributed by atoms with van der Waals surface area (Å²) in [5, 5.41) is 7.43. The second kappa shape index (κ2) is 6.06. The van der Waals surface area contributed by atoms with Crippen molar-refractivity contribution in [2.24, 2.45) is 5.92 Å². The number of hydrogen-bond donors (Lipinski definition) is 1. The van der Waals surface area contributed by atoms with Gasteiger partial charge >= 0.3 is 0 Å². The van der Waals surface area contributed by atoms with Crippen molar-refractivity contribution in [3.8, 4) is 0 Å². The van der Waals surface area contributed by atoms with Gasteiger partial charge in [0.15, 0.2) is 0 Å². The normalized spacial score (nSPS) is 19.4. The molecule has 1 aliphatic rings. The lowest BCUT2D eigenvalue weighted by molar-refractivity contribution is 0.344. The van der Waals surface area contributed by atoms with Gasteiger partial charge in [-0.2, -0.15) is 0 Å². The molecule has 1 N–H and O–H groups in total. The lowest BCUT2D eigenvalue weighted by Gasteiger charge is -2.25. The van der Waals surface area contributed by atoms with Crippen LogP contribution in [0.15, 0.2) is 29.6 Å². The first kappa shape index (κ1) is 13.1. The maximum absolute atomic E-state index is 3.60. The van der Waals surface area contributed by atoms with E-state index < -0.39 is 0 Å². The van der Waals surface area contributed by atoms with Crippen LogP contribution in [0.1, 0.15) is 50.1 Å². The monoisotopic (exact) mass is 273 g/mol. The van der Waals surface area contributed by atoms with Crippen molar-refractivity contribution in [1.82, 2.24) is 5.32 Å². The van der Waals surface area contributed by atoms with Crippen LogP contribution in [-0.4, -0.2) is 7.05 Å². The fourth-order valence-electron chi connectivity index (χ4n) is 3.53. The van der Waals surface area contributed by atoms with Crippen LogP contribution in [0.5, 0.6) is 0 Å². The van der Waals surface area contributed by atoms with E-state index in [0.29, 0.717) is 6.04 Å². The Labute approximate surface area is 120 Å². The first-order chi connectivity index (χ1) is 9.40. The number of rotatable bonds is 3. The number of fused-ring (bicyclic) bond motifs is 1. The molecule has 1 aromatic carbocycles. The van der Waals surface area contributed by atoms with Gasteiger partial charge in [0.2, 0.25) is 0 Å². The van der Waals surface area contributed by atoms with Crippen LogP contribution in [0.3, 0.4) is 0 Å². The van der Waals surface area contributed by atoms with Gasteiger partial charge in [0.1, 0.15) is 0 Å². The molecule has 0 saturated heterocycles. The van der Waals surface area contributed by atoms with Crippen LogP contribution in [-0.2, 0) is 0 Å². The molecular formula is C17H23NS. The van der Waals surface area contributed by atoms with E-state index in [4.69, 9.17) is 0 Å². The molecule has 0 amide bonds. The van der Waals surface area contributed by atoms with E-state index in [1.54, 1.807) is 0 Å². The molecule has 1 atom stereocenters. The molecule has 1 unspecified atom stereocenters. The topological polar surface area (TPSA) is 12.0 Å². The summed E-state index contributed by atoms with van der Waals surface area (Å²) in [5.74, 6) is 0.811. The summed E-state index contributed by atoms with van der Waals surface area (Å²) >= 11 is 1.89. The van der Waals surface area contributed by atoms with E-state index in [0.717, 1.165) is 5.92 Å². The SMILES string of the molecule is CNC(c1csc2ccccc12)C1CCCCCC1. The second-order valence-electron chi connectivity index (χ2n) is 5.71. The third-order valence-corrected chi connectivity index (χ3v) is 5.51. The van der Waals surface area contributed by atoms with Crippen molar-refractivity contribution in [3.05, 3.63) is 35.2 Å².